The molecule has 5 nitrogen and oxygen atoms in total. The standard InChI is InChI=1S/C25H20F3NO4/c26-25(27,28)16-11-9-15(10-12-16)13-22(23(30)31)29-24(32)33-14-21-19-7-3-1-5-17(19)18-6-2-4-8-20(18)21/h1-12,21-22H,13-14H2,(H,29,32)(H,30,31)/t22-/m1/s1. The largest absolute Gasteiger partial charge is 0.480 e. The van der Waals surface area contributed by atoms with Crippen molar-refractivity contribution in [3.63, 3.8) is 0 Å². The van der Waals surface area contributed by atoms with Crippen molar-refractivity contribution < 1.29 is 32.6 Å². The van der Waals surface area contributed by atoms with Crippen molar-refractivity contribution in [3.05, 3.63) is 95.1 Å². The third-order valence-electron chi connectivity index (χ3n) is 5.65. The molecule has 4 rings (SSSR count). The molecule has 3 aromatic carbocycles. The number of alkyl carbamates (subject to hydrolysis) is 1. The molecule has 170 valence electrons. The van der Waals surface area contributed by atoms with Gasteiger partial charge in [0.1, 0.15) is 12.6 Å². The number of benzene rings is 3. The van der Waals surface area contributed by atoms with Crippen LogP contribution >= 0.6 is 0 Å². The Labute approximate surface area is 187 Å². The van der Waals surface area contributed by atoms with Crippen molar-refractivity contribution in [3.8, 4) is 11.1 Å². The lowest BCUT2D eigenvalue weighted by molar-refractivity contribution is -0.139. The predicted molar refractivity (Wildman–Crippen MR) is 115 cm³/mol. The van der Waals surface area contributed by atoms with Crippen LogP contribution in [0.1, 0.15) is 28.2 Å². The summed E-state index contributed by atoms with van der Waals surface area (Å²) < 4.78 is 43.5. The van der Waals surface area contributed by atoms with Gasteiger partial charge in [-0.2, -0.15) is 13.2 Å². The normalized spacial score (nSPS) is 13.7. The van der Waals surface area contributed by atoms with Crippen molar-refractivity contribution >= 4 is 12.1 Å². The minimum absolute atomic E-state index is 0.0203. The van der Waals surface area contributed by atoms with Crippen LogP contribution in [0.3, 0.4) is 0 Å². The molecule has 0 radical (unpaired) electrons. The first-order chi connectivity index (χ1) is 15.7. The fraction of sp³-hybridized carbons (Fsp3) is 0.200. The van der Waals surface area contributed by atoms with Gasteiger partial charge >= 0.3 is 18.2 Å². The Morgan fingerprint density at radius 1 is 0.909 bits per heavy atom. The summed E-state index contributed by atoms with van der Waals surface area (Å²) >= 11 is 0. The zero-order valence-corrected chi connectivity index (χ0v) is 17.3. The highest BCUT2D eigenvalue weighted by Crippen LogP contribution is 2.44. The minimum atomic E-state index is -4.48. The number of amides is 1. The number of carbonyl (C=O) groups excluding carboxylic acids is 1. The number of carboxylic acids is 1. The maximum atomic E-state index is 12.7. The van der Waals surface area contributed by atoms with Crippen LogP contribution in [0, 0.1) is 0 Å². The molecule has 1 aliphatic carbocycles. The van der Waals surface area contributed by atoms with Crippen LogP contribution in [0.2, 0.25) is 0 Å². The highest BCUT2D eigenvalue weighted by molar-refractivity contribution is 5.81. The molecule has 1 aliphatic rings. The van der Waals surface area contributed by atoms with Crippen molar-refractivity contribution in [2.45, 2.75) is 24.6 Å². The third-order valence-corrected chi connectivity index (χ3v) is 5.65. The van der Waals surface area contributed by atoms with E-state index in [9.17, 15) is 27.9 Å². The summed E-state index contributed by atoms with van der Waals surface area (Å²) in [5.41, 5.74) is 3.68. The van der Waals surface area contributed by atoms with Crippen LogP contribution in [0.4, 0.5) is 18.0 Å². The van der Waals surface area contributed by atoms with E-state index in [4.69, 9.17) is 4.74 Å². The first-order valence-electron chi connectivity index (χ1n) is 10.2. The number of rotatable bonds is 6. The number of halogens is 3. The first-order valence-corrected chi connectivity index (χ1v) is 10.2. The second-order valence-corrected chi connectivity index (χ2v) is 7.76. The molecule has 0 heterocycles. The van der Waals surface area contributed by atoms with Gasteiger partial charge in [-0.3, -0.25) is 0 Å². The lowest BCUT2D eigenvalue weighted by Gasteiger charge is -2.18. The van der Waals surface area contributed by atoms with E-state index in [2.05, 4.69) is 5.32 Å². The Balaban J connectivity index is 1.41. The Kier molecular flexibility index (Phi) is 6.09. The van der Waals surface area contributed by atoms with E-state index in [1.54, 1.807) is 0 Å². The molecular weight excluding hydrogens is 435 g/mol. The number of aliphatic carboxylic acids is 1. The number of hydrogen-bond acceptors (Lipinski definition) is 3. The highest BCUT2D eigenvalue weighted by Gasteiger charge is 2.31. The van der Waals surface area contributed by atoms with Crippen LogP contribution in [0.5, 0.6) is 0 Å². The maximum Gasteiger partial charge on any atom is 0.416 e. The van der Waals surface area contributed by atoms with Gasteiger partial charge in [0, 0.05) is 12.3 Å². The van der Waals surface area contributed by atoms with Crippen molar-refractivity contribution in [2.75, 3.05) is 6.61 Å². The molecule has 0 spiro atoms. The van der Waals surface area contributed by atoms with Crippen LogP contribution in [0.25, 0.3) is 11.1 Å². The smallest absolute Gasteiger partial charge is 0.416 e. The van der Waals surface area contributed by atoms with Crippen LogP contribution in [-0.4, -0.2) is 29.8 Å². The van der Waals surface area contributed by atoms with Gasteiger partial charge in [-0.15, -0.1) is 0 Å². The van der Waals surface area contributed by atoms with E-state index < -0.39 is 29.8 Å². The average molecular weight is 455 g/mol. The number of nitrogens with one attached hydrogen (secondary N) is 1. The van der Waals surface area contributed by atoms with Gasteiger partial charge in [0.25, 0.3) is 0 Å². The summed E-state index contributed by atoms with van der Waals surface area (Å²) in [6, 6.07) is 18.4. The van der Waals surface area contributed by atoms with Gasteiger partial charge in [0.15, 0.2) is 0 Å². The van der Waals surface area contributed by atoms with Gasteiger partial charge in [0.05, 0.1) is 5.56 Å². The minimum Gasteiger partial charge on any atom is -0.480 e. The molecule has 0 aromatic heterocycles. The summed E-state index contributed by atoms with van der Waals surface area (Å²) in [6.45, 7) is 0.0203. The SMILES string of the molecule is O=C(N[C@H](Cc1ccc(C(F)(F)F)cc1)C(=O)O)OCC1c2ccccc2-c2ccccc21. The number of carbonyl (C=O) groups is 2. The molecule has 1 amide bonds. The highest BCUT2D eigenvalue weighted by atomic mass is 19.4. The van der Waals surface area contributed by atoms with Gasteiger partial charge in [0.2, 0.25) is 0 Å². The van der Waals surface area contributed by atoms with E-state index in [0.29, 0.717) is 5.56 Å². The predicted octanol–water partition coefficient (Wildman–Crippen LogP) is 5.24. The topological polar surface area (TPSA) is 75.6 Å². The van der Waals surface area contributed by atoms with E-state index in [-0.39, 0.29) is 18.9 Å². The molecule has 3 aromatic rings. The summed E-state index contributed by atoms with van der Waals surface area (Å²) in [4.78, 5) is 24.0. The first kappa shape index (κ1) is 22.4. The van der Waals surface area contributed by atoms with Gasteiger partial charge in [-0.25, -0.2) is 9.59 Å². The molecule has 1 atom stereocenters. The zero-order chi connectivity index (χ0) is 23.6. The fourth-order valence-corrected chi connectivity index (χ4v) is 4.05. The van der Waals surface area contributed by atoms with Gasteiger partial charge < -0.3 is 15.2 Å². The molecule has 0 unspecified atom stereocenters. The molecule has 0 saturated heterocycles. The van der Waals surface area contributed by atoms with Crippen molar-refractivity contribution in [2.24, 2.45) is 0 Å². The number of fused-ring (bicyclic) bond motifs is 3. The lowest BCUT2D eigenvalue weighted by Crippen LogP contribution is -2.42. The molecule has 0 saturated carbocycles. The molecule has 0 fully saturated rings. The quantitative estimate of drug-likeness (QED) is 0.533. The average Bonchev–Trinajstić information content (AvgIpc) is 3.11. The summed E-state index contributed by atoms with van der Waals surface area (Å²) in [5, 5.41) is 11.8. The van der Waals surface area contributed by atoms with Crippen molar-refractivity contribution in [1.29, 1.82) is 0 Å². The van der Waals surface area contributed by atoms with E-state index >= 15 is 0 Å². The summed E-state index contributed by atoms with van der Waals surface area (Å²) in [5.74, 6) is -1.50. The Morgan fingerprint density at radius 2 is 1.45 bits per heavy atom. The second-order valence-electron chi connectivity index (χ2n) is 7.76. The molecule has 2 N–H and O–H groups in total. The van der Waals surface area contributed by atoms with Crippen LogP contribution in [-0.2, 0) is 22.1 Å². The molecular formula is C25H20F3NO4. The fourth-order valence-electron chi connectivity index (χ4n) is 4.05. The third kappa shape index (κ3) is 4.84. The lowest BCUT2D eigenvalue weighted by atomic mass is 9.98. The summed E-state index contributed by atoms with van der Waals surface area (Å²) in [6.07, 6.45) is -5.57. The Hall–Kier alpha value is -3.81. The second kappa shape index (κ2) is 8.97. The maximum absolute atomic E-state index is 12.7. The van der Waals surface area contributed by atoms with Crippen molar-refractivity contribution in [1.82, 2.24) is 5.32 Å². The number of ether oxygens (including phenoxy) is 1. The van der Waals surface area contributed by atoms with E-state index in [1.165, 1.54) is 12.1 Å². The number of carboxylic acid groups (broad SMARTS) is 1. The number of alkyl halides is 3. The summed E-state index contributed by atoms with van der Waals surface area (Å²) in [7, 11) is 0. The van der Waals surface area contributed by atoms with Crippen LogP contribution < -0.4 is 5.32 Å². The Bertz CT molecular complexity index is 1130. The van der Waals surface area contributed by atoms with Crippen LogP contribution in [0.15, 0.2) is 72.8 Å². The molecule has 33 heavy (non-hydrogen) atoms. The van der Waals surface area contributed by atoms with Gasteiger partial charge in [-0.05, 0) is 39.9 Å². The molecule has 0 aliphatic heterocycles. The monoisotopic (exact) mass is 455 g/mol. The van der Waals surface area contributed by atoms with E-state index in [0.717, 1.165) is 34.4 Å². The zero-order valence-electron chi connectivity index (χ0n) is 17.3. The molecule has 0 bridgehead atoms. The van der Waals surface area contributed by atoms with Gasteiger partial charge in [-0.1, -0.05) is 60.7 Å². The molecule has 8 heteroatoms. The Morgan fingerprint density at radius 3 is 1.97 bits per heavy atom. The van der Waals surface area contributed by atoms with E-state index in [1.807, 2.05) is 48.5 Å². The number of hydrogen-bond donors (Lipinski definition) is 2.